The van der Waals surface area contributed by atoms with Crippen molar-refractivity contribution in [3.63, 3.8) is 0 Å². The summed E-state index contributed by atoms with van der Waals surface area (Å²) in [4.78, 5) is 34.6. The molecule has 0 saturated heterocycles. The van der Waals surface area contributed by atoms with E-state index in [9.17, 15) is 14.4 Å². The third-order valence-corrected chi connectivity index (χ3v) is 3.33. The van der Waals surface area contributed by atoms with Gasteiger partial charge >= 0.3 is 11.8 Å². The van der Waals surface area contributed by atoms with Gasteiger partial charge < -0.3 is 9.73 Å². The number of furan rings is 1. The van der Waals surface area contributed by atoms with E-state index in [-0.39, 0.29) is 6.54 Å². The maximum atomic E-state index is 11.6. The van der Waals surface area contributed by atoms with E-state index in [0.717, 1.165) is 10.0 Å². The van der Waals surface area contributed by atoms with Gasteiger partial charge in [-0.2, -0.15) is 0 Å². The highest BCUT2D eigenvalue weighted by Crippen LogP contribution is 2.11. The third kappa shape index (κ3) is 5.73. The van der Waals surface area contributed by atoms with Gasteiger partial charge in [-0.1, -0.05) is 28.1 Å². The minimum atomic E-state index is -0.980. The fourth-order valence-electron chi connectivity index (χ4n) is 1.62. The zero-order chi connectivity index (χ0) is 17.4. The molecule has 124 valence electrons. The second-order valence-corrected chi connectivity index (χ2v) is 5.51. The van der Waals surface area contributed by atoms with Crippen LogP contribution in [0.15, 0.2) is 57.6 Å². The second-order valence-electron chi connectivity index (χ2n) is 4.59. The molecule has 0 aliphatic carbocycles. The Morgan fingerprint density at radius 3 is 2.46 bits per heavy atom. The standard InChI is InChI=1S/C16H14BrN3O4/c17-12-6-3-11(4-7-12)5-8-14(21)19-20-16(23)15(22)18-10-13-2-1-9-24-13/h1-9H,10H2,(H,18,22)(H,19,21)(H,20,23)/b8-5+. The van der Waals surface area contributed by atoms with Crippen molar-refractivity contribution in [3.8, 4) is 0 Å². The maximum Gasteiger partial charge on any atom is 0.327 e. The molecule has 3 amide bonds. The highest BCUT2D eigenvalue weighted by atomic mass is 79.9. The molecule has 2 rings (SSSR count). The summed E-state index contributed by atoms with van der Waals surface area (Å²) in [6, 6.07) is 10.6. The summed E-state index contributed by atoms with van der Waals surface area (Å²) in [7, 11) is 0. The summed E-state index contributed by atoms with van der Waals surface area (Å²) in [6.45, 7) is 0.0800. The first-order valence-electron chi connectivity index (χ1n) is 6.89. The second kappa shape index (κ2) is 8.68. The van der Waals surface area contributed by atoms with Crippen LogP contribution in [-0.2, 0) is 20.9 Å². The topological polar surface area (TPSA) is 100 Å². The van der Waals surface area contributed by atoms with Crippen molar-refractivity contribution < 1.29 is 18.8 Å². The van der Waals surface area contributed by atoms with Crippen LogP contribution >= 0.6 is 15.9 Å². The molecular weight excluding hydrogens is 378 g/mol. The van der Waals surface area contributed by atoms with Crippen LogP contribution in [-0.4, -0.2) is 17.7 Å². The van der Waals surface area contributed by atoms with Gasteiger partial charge in [0.2, 0.25) is 0 Å². The van der Waals surface area contributed by atoms with Crippen molar-refractivity contribution in [1.82, 2.24) is 16.2 Å². The molecule has 0 atom stereocenters. The number of amides is 3. The Labute approximate surface area is 146 Å². The van der Waals surface area contributed by atoms with E-state index >= 15 is 0 Å². The van der Waals surface area contributed by atoms with Crippen LogP contribution in [0.25, 0.3) is 6.08 Å². The van der Waals surface area contributed by atoms with Crippen molar-refractivity contribution in [1.29, 1.82) is 0 Å². The van der Waals surface area contributed by atoms with E-state index in [1.807, 2.05) is 29.7 Å². The molecule has 7 nitrogen and oxygen atoms in total. The van der Waals surface area contributed by atoms with E-state index in [1.54, 1.807) is 18.2 Å². The van der Waals surface area contributed by atoms with Crippen molar-refractivity contribution in [3.05, 3.63) is 64.5 Å². The number of halogens is 1. The van der Waals surface area contributed by atoms with Gasteiger partial charge in [0.1, 0.15) is 5.76 Å². The van der Waals surface area contributed by atoms with E-state index in [1.165, 1.54) is 12.3 Å². The zero-order valence-corrected chi connectivity index (χ0v) is 14.0. The lowest BCUT2D eigenvalue weighted by atomic mass is 10.2. The first-order chi connectivity index (χ1) is 11.5. The highest BCUT2D eigenvalue weighted by Gasteiger charge is 2.13. The molecule has 1 aromatic heterocycles. The Morgan fingerprint density at radius 2 is 1.79 bits per heavy atom. The molecule has 0 saturated carbocycles. The van der Waals surface area contributed by atoms with Gasteiger partial charge in [-0.3, -0.25) is 25.2 Å². The van der Waals surface area contributed by atoms with Gasteiger partial charge in [-0.15, -0.1) is 0 Å². The van der Waals surface area contributed by atoms with Crippen LogP contribution in [0.1, 0.15) is 11.3 Å². The van der Waals surface area contributed by atoms with Gasteiger partial charge in [-0.05, 0) is 35.9 Å². The van der Waals surface area contributed by atoms with Gasteiger partial charge in [0, 0.05) is 10.5 Å². The van der Waals surface area contributed by atoms with Crippen LogP contribution in [0.3, 0.4) is 0 Å². The number of hydrazine groups is 1. The monoisotopic (exact) mass is 391 g/mol. The molecule has 0 aliphatic rings. The SMILES string of the molecule is O=C(/C=C/c1ccc(Br)cc1)NNC(=O)C(=O)NCc1ccco1. The number of hydrogen-bond donors (Lipinski definition) is 3. The summed E-state index contributed by atoms with van der Waals surface area (Å²) in [5.41, 5.74) is 4.95. The molecule has 1 aromatic carbocycles. The van der Waals surface area contributed by atoms with E-state index in [0.29, 0.717) is 5.76 Å². The number of carbonyl (C=O) groups is 3. The number of benzene rings is 1. The largest absolute Gasteiger partial charge is 0.467 e. The number of nitrogens with one attached hydrogen (secondary N) is 3. The Bertz CT molecular complexity index is 739. The number of rotatable bonds is 4. The number of carbonyl (C=O) groups excluding carboxylic acids is 3. The lowest BCUT2D eigenvalue weighted by molar-refractivity contribution is -0.140. The lowest BCUT2D eigenvalue weighted by Gasteiger charge is -2.05. The molecule has 0 unspecified atom stereocenters. The quantitative estimate of drug-likeness (QED) is 0.417. The highest BCUT2D eigenvalue weighted by molar-refractivity contribution is 9.10. The van der Waals surface area contributed by atoms with Crippen LogP contribution in [0.4, 0.5) is 0 Å². The maximum absolute atomic E-state index is 11.6. The first-order valence-corrected chi connectivity index (χ1v) is 7.68. The van der Waals surface area contributed by atoms with Gasteiger partial charge in [0.05, 0.1) is 12.8 Å². The van der Waals surface area contributed by atoms with E-state index < -0.39 is 17.7 Å². The third-order valence-electron chi connectivity index (χ3n) is 2.81. The molecule has 0 bridgehead atoms. The predicted molar refractivity (Wildman–Crippen MR) is 90.0 cm³/mol. The zero-order valence-electron chi connectivity index (χ0n) is 12.4. The number of hydrogen-bond acceptors (Lipinski definition) is 4. The Balaban J connectivity index is 1.73. The van der Waals surface area contributed by atoms with Gasteiger partial charge in [0.15, 0.2) is 0 Å². The van der Waals surface area contributed by atoms with Crippen molar-refractivity contribution >= 4 is 39.7 Å². The van der Waals surface area contributed by atoms with Gasteiger partial charge in [0.25, 0.3) is 5.91 Å². The normalized spacial score (nSPS) is 10.4. The van der Waals surface area contributed by atoms with Crippen LogP contribution < -0.4 is 16.2 Å². The summed E-state index contributed by atoms with van der Waals surface area (Å²) in [6.07, 6.45) is 4.27. The summed E-state index contributed by atoms with van der Waals surface area (Å²) in [5.74, 6) is -1.92. The van der Waals surface area contributed by atoms with Gasteiger partial charge in [-0.25, -0.2) is 0 Å². The minimum absolute atomic E-state index is 0.0800. The van der Waals surface area contributed by atoms with Crippen molar-refractivity contribution in [2.45, 2.75) is 6.54 Å². The molecule has 2 aromatic rings. The Morgan fingerprint density at radius 1 is 1.04 bits per heavy atom. The van der Waals surface area contributed by atoms with Crippen LogP contribution in [0, 0.1) is 0 Å². The summed E-state index contributed by atoms with van der Waals surface area (Å²) < 4.78 is 5.94. The van der Waals surface area contributed by atoms with Crippen LogP contribution in [0.2, 0.25) is 0 Å². The predicted octanol–water partition coefficient (Wildman–Crippen LogP) is 1.52. The fourth-order valence-corrected chi connectivity index (χ4v) is 1.89. The molecule has 1 heterocycles. The van der Waals surface area contributed by atoms with Crippen LogP contribution in [0.5, 0.6) is 0 Å². The van der Waals surface area contributed by atoms with Crippen molar-refractivity contribution in [2.24, 2.45) is 0 Å². The summed E-state index contributed by atoms with van der Waals surface area (Å²) in [5, 5.41) is 2.35. The lowest BCUT2D eigenvalue weighted by Crippen LogP contribution is -2.47. The first kappa shape index (κ1) is 17.5. The minimum Gasteiger partial charge on any atom is -0.467 e. The molecule has 24 heavy (non-hydrogen) atoms. The van der Waals surface area contributed by atoms with E-state index in [2.05, 4.69) is 26.7 Å². The average Bonchev–Trinajstić information content (AvgIpc) is 3.10. The molecule has 0 fully saturated rings. The van der Waals surface area contributed by atoms with Crippen molar-refractivity contribution in [2.75, 3.05) is 0 Å². The molecule has 0 aliphatic heterocycles. The molecule has 0 spiro atoms. The van der Waals surface area contributed by atoms with E-state index in [4.69, 9.17) is 4.42 Å². The summed E-state index contributed by atoms with van der Waals surface area (Å²) >= 11 is 3.31. The Hall–Kier alpha value is -2.87. The molecule has 0 radical (unpaired) electrons. The molecule has 8 heteroatoms. The molecule has 3 N–H and O–H groups in total. The fraction of sp³-hybridized carbons (Fsp3) is 0.0625. The average molecular weight is 392 g/mol. The Kier molecular flexibility index (Phi) is 6.32. The molecular formula is C16H14BrN3O4. The smallest absolute Gasteiger partial charge is 0.327 e.